The molecule has 0 aliphatic heterocycles. The van der Waals surface area contributed by atoms with Crippen LogP contribution < -0.4 is 4.90 Å². The summed E-state index contributed by atoms with van der Waals surface area (Å²) in [5.74, 6) is 0. The van der Waals surface area contributed by atoms with Crippen LogP contribution in [0.15, 0.2) is 156 Å². The highest BCUT2D eigenvalue weighted by Gasteiger charge is 2.38. The van der Waals surface area contributed by atoms with Crippen molar-refractivity contribution < 1.29 is 4.42 Å². The van der Waals surface area contributed by atoms with Crippen LogP contribution in [0.4, 0.5) is 17.1 Å². The molecule has 2 heteroatoms. The van der Waals surface area contributed by atoms with Crippen molar-refractivity contribution in [2.24, 2.45) is 0 Å². The fraction of sp³-hybridized carbons (Fsp3) is 0.0698. The third-order valence-corrected chi connectivity index (χ3v) is 9.66. The molecule has 1 aromatic heterocycles. The second kappa shape index (κ2) is 9.70. The molecule has 1 aliphatic rings. The molecular weight excluding hydrogens is 546 g/mol. The summed E-state index contributed by atoms with van der Waals surface area (Å²) < 4.78 is 6.46. The van der Waals surface area contributed by atoms with Gasteiger partial charge in [-0.2, -0.15) is 0 Å². The van der Waals surface area contributed by atoms with Gasteiger partial charge >= 0.3 is 0 Å². The summed E-state index contributed by atoms with van der Waals surface area (Å²) in [6.45, 7) is 4.70. The van der Waals surface area contributed by atoms with E-state index in [0.717, 1.165) is 39.0 Å². The van der Waals surface area contributed by atoms with Gasteiger partial charge in [-0.15, -0.1) is 0 Å². The van der Waals surface area contributed by atoms with Gasteiger partial charge in [-0.1, -0.05) is 135 Å². The molecule has 0 radical (unpaired) electrons. The van der Waals surface area contributed by atoms with E-state index in [0.29, 0.717) is 0 Å². The van der Waals surface area contributed by atoms with E-state index < -0.39 is 0 Å². The van der Waals surface area contributed by atoms with Crippen molar-refractivity contribution in [3.63, 3.8) is 0 Å². The van der Waals surface area contributed by atoms with Crippen molar-refractivity contribution in [3.05, 3.63) is 163 Å². The fourth-order valence-corrected chi connectivity index (χ4v) is 7.61. The summed E-state index contributed by atoms with van der Waals surface area (Å²) in [6.07, 6.45) is 0. The van der Waals surface area contributed by atoms with E-state index in [9.17, 15) is 0 Å². The monoisotopic (exact) mass is 577 g/mol. The summed E-state index contributed by atoms with van der Waals surface area (Å²) in [7, 11) is 0. The van der Waals surface area contributed by atoms with Gasteiger partial charge in [0.15, 0.2) is 0 Å². The predicted molar refractivity (Wildman–Crippen MR) is 189 cm³/mol. The van der Waals surface area contributed by atoms with Gasteiger partial charge in [-0.3, -0.25) is 0 Å². The topological polar surface area (TPSA) is 16.4 Å². The Labute approximate surface area is 262 Å². The lowest BCUT2D eigenvalue weighted by atomic mass is 9.82. The fourth-order valence-electron chi connectivity index (χ4n) is 7.61. The maximum absolute atomic E-state index is 6.46. The molecule has 0 saturated carbocycles. The van der Waals surface area contributed by atoms with E-state index in [2.05, 4.69) is 164 Å². The van der Waals surface area contributed by atoms with Crippen molar-refractivity contribution >= 4 is 49.8 Å². The molecule has 0 amide bonds. The average molecular weight is 578 g/mol. The van der Waals surface area contributed by atoms with Crippen LogP contribution in [0.25, 0.3) is 55.0 Å². The van der Waals surface area contributed by atoms with Crippen molar-refractivity contribution in [2.75, 3.05) is 4.90 Å². The van der Waals surface area contributed by atoms with E-state index in [4.69, 9.17) is 4.42 Å². The normalized spacial score (nSPS) is 13.3. The third-order valence-electron chi connectivity index (χ3n) is 9.66. The average Bonchev–Trinajstić information content (AvgIpc) is 3.58. The molecular formula is C43H31NO. The van der Waals surface area contributed by atoms with E-state index in [1.807, 2.05) is 6.07 Å². The molecule has 1 heterocycles. The first-order valence-corrected chi connectivity index (χ1v) is 15.6. The van der Waals surface area contributed by atoms with Gasteiger partial charge in [0.25, 0.3) is 0 Å². The highest BCUT2D eigenvalue weighted by atomic mass is 16.3. The molecule has 9 rings (SSSR count). The van der Waals surface area contributed by atoms with E-state index >= 15 is 0 Å². The van der Waals surface area contributed by atoms with Crippen molar-refractivity contribution in [3.8, 4) is 22.3 Å². The molecule has 214 valence electrons. The van der Waals surface area contributed by atoms with E-state index in [-0.39, 0.29) is 5.41 Å². The second-order valence-electron chi connectivity index (χ2n) is 12.5. The Morgan fingerprint density at radius 2 is 1.11 bits per heavy atom. The number of hydrogen-bond acceptors (Lipinski definition) is 2. The van der Waals surface area contributed by atoms with Crippen molar-refractivity contribution in [1.29, 1.82) is 0 Å². The first-order valence-electron chi connectivity index (χ1n) is 15.6. The first-order chi connectivity index (χ1) is 22.1. The number of hydrogen-bond donors (Lipinski definition) is 0. The number of anilines is 3. The third kappa shape index (κ3) is 3.76. The molecule has 8 aromatic rings. The standard InChI is InChI=1S/C43H31NO/c1-43(2)33-20-10-8-18-31(33)41-34(43)21-12-22-35(41)44(36-23-13-25-39-42(36)32-19-9-11-24-38(32)45-39)37-27-26-28-14-6-7-17-30(28)40(37)29-15-4-3-5-16-29/h3-27H,1-2H3. The lowest BCUT2D eigenvalue weighted by Crippen LogP contribution is -2.16. The van der Waals surface area contributed by atoms with Gasteiger partial charge in [0, 0.05) is 21.9 Å². The number of furan rings is 1. The highest BCUT2D eigenvalue weighted by Crippen LogP contribution is 2.56. The summed E-state index contributed by atoms with van der Waals surface area (Å²) in [5.41, 5.74) is 12.7. The van der Waals surface area contributed by atoms with Gasteiger partial charge in [0.05, 0.1) is 22.4 Å². The molecule has 45 heavy (non-hydrogen) atoms. The smallest absolute Gasteiger partial charge is 0.137 e. The summed E-state index contributed by atoms with van der Waals surface area (Å²) in [5, 5.41) is 4.67. The van der Waals surface area contributed by atoms with Gasteiger partial charge in [-0.05, 0) is 63.4 Å². The molecule has 1 aliphatic carbocycles. The number of fused-ring (bicyclic) bond motifs is 7. The van der Waals surface area contributed by atoms with Crippen LogP contribution in [0.5, 0.6) is 0 Å². The predicted octanol–water partition coefficient (Wildman–Crippen LogP) is 12.2. The lowest BCUT2D eigenvalue weighted by molar-refractivity contribution is 0.660. The van der Waals surface area contributed by atoms with Gasteiger partial charge in [0.2, 0.25) is 0 Å². The number of para-hydroxylation sites is 1. The van der Waals surface area contributed by atoms with Crippen LogP contribution in [-0.2, 0) is 5.41 Å². The summed E-state index contributed by atoms with van der Waals surface area (Å²) in [6, 6.07) is 54.7. The van der Waals surface area contributed by atoms with Crippen LogP contribution in [0.2, 0.25) is 0 Å². The Morgan fingerprint density at radius 1 is 0.467 bits per heavy atom. The van der Waals surface area contributed by atoms with Gasteiger partial charge in [0.1, 0.15) is 11.2 Å². The van der Waals surface area contributed by atoms with E-state index in [1.54, 1.807) is 0 Å². The maximum atomic E-state index is 6.46. The van der Waals surface area contributed by atoms with Crippen LogP contribution >= 0.6 is 0 Å². The van der Waals surface area contributed by atoms with Crippen molar-refractivity contribution in [1.82, 2.24) is 0 Å². The Hall–Kier alpha value is -5.60. The summed E-state index contributed by atoms with van der Waals surface area (Å²) >= 11 is 0. The zero-order valence-electron chi connectivity index (χ0n) is 25.3. The number of nitrogens with zero attached hydrogens (tertiary/aromatic N) is 1. The molecule has 2 nitrogen and oxygen atoms in total. The first kappa shape index (κ1) is 25.9. The number of rotatable bonds is 4. The zero-order chi connectivity index (χ0) is 30.1. The Morgan fingerprint density at radius 3 is 2.00 bits per heavy atom. The Bertz CT molecular complexity index is 2410. The Kier molecular flexibility index (Phi) is 5.58. The van der Waals surface area contributed by atoms with Gasteiger partial charge < -0.3 is 9.32 Å². The quantitative estimate of drug-likeness (QED) is 0.207. The van der Waals surface area contributed by atoms with Crippen LogP contribution in [-0.4, -0.2) is 0 Å². The largest absolute Gasteiger partial charge is 0.456 e. The molecule has 0 atom stereocenters. The summed E-state index contributed by atoms with van der Waals surface area (Å²) in [4.78, 5) is 2.50. The van der Waals surface area contributed by atoms with Crippen LogP contribution in [0.3, 0.4) is 0 Å². The minimum absolute atomic E-state index is 0.117. The zero-order valence-corrected chi connectivity index (χ0v) is 25.3. The molecule has 0 saturated heterocycles. The minimum Gasteiger partial charge on any atom is -0.456 e. The molecule has 7 aromatic carbocycles. The van der Waals surface area contributed by atoms with Crippen LogP contribution in [0, 0.1) is 0 Å². The maximum Gasteiger partial charge on any atom is 0.137 e. The highest BCUT2D eigenvalue weighted by molar-refractivity contribution is 6.16. The Balaban J connectivity index is 1.46. The molecule has 0 fully saturated rings. The van der Waals surface area contributed by atoms with Crippen molar-refractivity contribution in [2.45, 2.75) is 19.3 Å². The SMILES string of the molecule is CC1(C)c2ccccc2-c2c(N(c3ccc4ccccc4c3-c3ccccc3)c3cccc4oc5ccccc5c34)cccc21. The van der Waals surface area contributed by atoms with Crippen LogP contribution in [0.1, 0.15) is 25.0 Å². The molecule has 0 bridgehead atoms. The number of benzene rings is 7. The van der Waals surface area contributed by atoms with Gasteiger partial charge in [-0.25, -0.2) is 0 Å². The lowest BCUT2D eigenvalue weighted by Gasteiger charge is -2.31. The molecule has 0 unspecified atom stereocenters. The second-order valence-corrected chi connectivity index (χ2v) is 12.5. The minimum atomic E-state index is -0.117. The molecule has 0 N–H and O–H groups in total. The van der Waals surface area contributed by atoms with E-state index in [1.165, 1.54) is 44.2 Å². The molecule has 0 spiro atoms.